The first-order valence-electron chi connectivity index (χ1n) is 11.3. The van der Waals surface area contributed by atoms with Gasteiger partial charge in [0.1, 0.15) is 10.3 Å². The van der Waals surface area contributed by atoms with Crippen LogP contribution in [0, 0.1) is 0 Å². The number of carbonyl (C=O) groups is 3. The van der Waals surface area contributed by atoms with Crippen molar-refractivity contribution in [2.75, 3.05) is 18.0 Å². The minimum Gasteiger partial charge on any atom is -0.351 e. The summed E-state index contributed by atoms with van der Waals surface area (Å²) < 4.78 is 39.0. The van der Waals surface area contributed by atoms with Crippen molar-refractivity contribution in [3.63, 3.8) is 0 Å². The van der Waals surface area contributed by atoms with Crippen molar-refractivity contribution in [3.05, 3.63) is 60.3 Å². The molecule has 1 fully saturated rings. The lowest BCUT2D eigenvalue weighted by atomic mass is 9.99. The minimum absolute atomic E-state index is 0.187. The van der Waals surface area contributed by atoms with Crippen LogP contribution in [0.3, 0.4) is 0 Å². The van der Waals surface area contributed by atoms with Gasteiger partial charge in [0, 0.05) is 30.9 Å². The zero-order valence-corrected chi connectivity index (χ0v) is 19.7. The number of hydrogen-bond donors (Lipinski definition) is 2. The Labute approximate surface area is 208 Å². The number of pyridine rings is 1. The van der Waals surface area contributed by atoms with Crippen LogP contribution in [-0.4, -0.2) is 52.1 Å². The number of carbonyl (C=O) groups excluding carboxylic acids is 3. The highest BCUT2D eigenvalue weighted by Crippen LogP contribution is 2.50. The Bertz CT molecular complexity index is 1240. The first-order chi connectivity index (χ1) is 17.2. The number of hydrogen-bond acceptors (Lipinski definition) is 5. The highest BCUT2D eigenvalue weighted by Gasteiger charge is 2.47. The van der Waals surface area contributed by atoms with E-state index < -0.39 is 29.1 Å². The number of nitrogens with one attached hydrogen (secondary N) is 2. The van der Waals surface area contributed by atoms with Crippen molar-refractivity contribution in [2.24, 2.45) is 0 Å². The normalized spacial score (nSPS) is 23.1. The van der Waals surface area contributed by atoms with Crippen LogP contribution in [0.1, 0.15) is 30.0 Å². The van der Waals surface area contributed by atoms with E-state index in [-0.39, 0.29) is 23.5 Å². The van der Waals surface area contributed by atoms with Gasteiger partial charge < -0.3 is 15.5 Å². The van der Waals surface area contributed by atoms with E-state index >= 15 is 0 Å². The summed E-state index contributed by atoms with van der Waals surface area (Å²) >= 11 is 1.23. The number of urea groups is 1. The molecular formula is C24H22F3N5O3S. The Balaban J connectivity index is 1.37. The number of piperidine rings is 1. The molecule has 4 amide bonds. The van der Waals surface area contributed by atoms with Crippen molar-refractivity contribution in [2.45, 2.75) is 41.4 Å². The van der Waals surface area contributed by atoms with Gasteiger partial charge in [-0.05, 0) is 49.2 Å². The van der Waals surface area contributed by atoms with E-state index in [1.165, 1.54) is 41.1 Å². The van der Waals surface area contributed by atoms with E-state index in [1.807, 2.05) is 0 Å². The summed E-state index contributed by atoms with van der Waals surface area (Å²) in [5, 5.41) is 5.73. The summed E-state index contributed by atoms with van der Waals surface area (Å²) in [5.41, 5.74) is 0.565. The maximum Gasteiger partial charge on any atom is 0.416 e. The smallest absolute Gasteiger partial charge is 0.351 e. The number of aromatic nitrogens is 1. The standard InChI is InChI=1S/C24H22F3N5O3S/c1-2-17(33)31-11-3-4-14(12-31)29-21(34)20-19-18-16(9-10-28-22(18)36-20)32(23(35)30-19)15-7-5-13(6-8-15)24(25,26)27/h2,5-10,14,19-20H,1,3-4,11-12H2,(H,29,34)(H,30,35)/t14?,19?,20-/m1/s1. The molecule has 3 atom stereocenters. The quantitative estimate of drug-likeness (QED) is 0.603. The Kier molecular flexibility index (Phi) is 6.15. The number of thioether (sulfide) groups is 1. The molecule has 1 aromatic heterocycles. The van der Waals surface area contributed by atoms with Crippen LogP contribution < -0.4 is 15.5 Å². The van der Waals surface area contributed by atoms with Gasteiger partial charge in [0.2, 0.25) is 11.8 Å². The fraction of sp³-hybridized carbons (Fsp3) is 0.333. The molecule has 5 rings (SSSR count). The molecule has 8 nitrogen and oxygen atoms in total. The number of rotatable bonds is 4. The number of nitrogens with zero attached hydrogens (tertiary/aromatic N) is 3. The average molecular weight is 518 g/mol. The Morgan fingerprint density at radius 3 is 2.67 bits per heavy atom. The summed E-state index contributed by atoms with van der Waals surface area (Å²) in [7, 11) is 0. The van der Waals surface area contributed by atoms with Gasteiger partial charge in [0.05, 0.1) is 23.0 Å². The number of anilines is 2. The number of amides is 4. The highest BCUT2D eigenvalue weighted by atomic mass is 32.2. The van der Waals surface area contributed by atoms with Gasteiger partial charge in [-0.25, -0.2) is 9.78 Å². The second kappa shape index (κ2) is 9.16. The SMILES string of the molecule is C=CC(=O)N1CCCC(NC(=O)[C@@H]2Sc3nccc4c3C2NC(=O)N4c2ccc(C(F)(F)F)cc2)C1. The van der Waals surface area contributed by atoms with E-state index in [0.29, 0.717) is 29.4 Å². The largest absolute Gasteiger partial charge is 0.416 e. The van der Waals surface area contributed by atoms with Crippen LogP contribution in [0.25, 0.3) is 0 Å². The zero-order valence-electron chi connectivity index (χ0n) is 18.9. The third-order valence-electron chi connectivity index (χ3n) is 6.47. The molecule has 3 aliphatic rings. The summed E-state index contributed by atoms with van der Waals surface area (Å²) in [4.78, 5) is 45.7. The van der Waals surface area contributed by atoms with Gasteiger partial charge in [-0.2, -0.15) is 13.2 Å². The lowest BCUT2D eigenvalue weighted by Gasteiger charge is -2.35. The molecule has 36 heavy (non-hydrogen) atoms. The predicted octanol–water partition coefficient (Wildman–Crippen LogP) is 3.77. The lowest BCUT2D eigenvalue weighted by molar-refractivity contribution is -0.137. The third-order valence-corrected chi connectivity index (χ3v) is 7.76. The third kappa shape index (κ3) is 4.29. The van der Waals surface area contributed by atoms with E-state index in [2.05, 4.69) is 22.2 Å². The van der Waals surface area contributed by atoms with Gasteiger partial charge in [-0.3, -0.25) is 14.5 Å². The highest BCUT2D eigenvalue weighted by molar-refractivity contribution is 8.01. The molecule has 4 heterocycles. The molecule has 0 aliphatic carbocycles. The number of halogens is 3. The Hall–Kier alpha value is -3.54. The zero-order chi connectivity index (χ0) is 25.6. The molecule has 2 aromatic rings. The van der Waals surface area contributed by atoms with Crippen LogP contribution in [0.5, 0.6) is 0 Å². The summed E-state index contributed by atoms with van der Waals surface area (Å²) in [6, 6.07) is 4.50. The van der Waals surface area contributed by atoms with Crippen LogP contribution in [0.15, 0.2) is 54.2 Å². The van der Waals surface area contributed by atoms with Crippen molar-refractivity contribution in [1.29, 1.82) is 0 Å². The van der Waals surface area contributed by atoms with E-state index in [1.54, 1.807) is 11.0 Å². The molecule has 3 aliphatic heterocycles. The maximum atomic E-state index is 13.3. The van der Waals surface area contributed by atoms with E-state index in [0.717, 1.165) is 25.0 Å². The van der Waals surface area contributed by atoms with Crippen molar-refractivity contribution in [3.8, 4) is 0 Å². The average Bonchev–Trinajstić information content (AvgIpc) is 3.23. The lowest BCUT2D eigenvalue weighted by Crippen LogP contribution is -2.53. The van der Waals surface area contributed by atoms with Crippen molar-refractivity contribution >= 4 is 41.0 Å². The fourth-order valence-electron chi connectivity index (χ4n) is 4.79. The van der Waals surface area contributed by atoms with Gasteiger partial charge in [-0.1, -0.05) is 18.3 Å². The summed E-state index contributed by atoms with van der Waals surface area (Å²) in [6.45, 7) is 4.49. The maximum absolute atomic E-state index is 13.3. The second-order valence-electron chi connectivity index (χ2n) is 8.73. The van der Waals surface area contributed by atoms with E-state index in [4.69, 9.17) is 0 Å². The first kappa shape index (κ1) is 24.2. The van der Waals surface area contributed by atoms with Crippen LogP contribution >= 0.6 is 11.8 Å². The molecule has 12 heteroatoms. The predicted molar refractivity (Wildman–Crippen MR) is 127 cm³/mol. The van der Waals surface area contributed by atoms with Gasteiger partial charge >= 0.3 is 12.2 Å². The van der Waals surface area contributed by atoms with Crippen molar-refractivity contribution < 1.29 is 27.6 Å². The molecule has 2 N–H and O–H groups in total. The molecular weight excluding hydrogens is 495 g/mol. The van der Waals surface area contributed by atoms with Crippen LogP contribution in [-0.2, 0) is 15.8 Å². The molecule has 1 aromatic carbocycles. The molecule has 0 bridgehead atoms. The first-order valence-corrected chi connectivity index (χ1v) is 12.2. The topological polar surface area (TPSA) is 94.6 Å². The minimum atomic E-state index is -4.49. The number of benzene rings is 1. The monoisotopic (exact) mass is 517 g/mol. The van der Waals surface area contributed by atoms with E-state index in [9.17, 15) is 27.6 Å². The molecule has 2 unspecified atom stereocenters. The summed E-state index contributed by atoms with van der Waals surface area (Å²) in [6.07, 6.45) is -0.262. The van der Waals surface area contributed by atoms with Gasteiger partial charge in [0.15, 0.2) is 0 Å². The number of alkyl halides is 3. The van der Waals surface area contributed by atoms with Crippen LogP contribution in [0.2, 0.25) is 0 Å². The Morgan fingerprint density at radius 2 is 1.97 bits per heavy atom. The molecule has 188 valence electrons. The molecule has 0 radical (unpaired) electrons. The Morgan fingerprint density at radius 1 is 1.22 bits per heavy atom. The van der Waals surface area contributed by atoms with Crippen molar-refractivity contribution in [1.82, 2.24) is 20.5 Å². The second-order valence-corrected chi connectivity index (χ2v) is 9.86. The molecule has 0 spiro atoms. The fourth-order valence-corrected chi connectivity index (χ4v) is 6.02. The molecule has 1 saturated heterocycles. The van der Waals surface area contributed by atoms with Gasteiger partial charge in [-0.15, -0.1) is 0 Å². The molecule has 0 saturated carbocycles. The number of likely N-dealkylation sites (tertiary alicyclic amines) is 1. The van der Waals surface area contributed by atoms with Gasteiger partial charge in [0.25, 0.3) is 0 Å². The summed E-state index contributed by atoms with van der Waals surface area (Å²) in [5.74, 6) is -0.469. The van der Waals surface area contributed by atoms with Crippen LogP contribution in [0.4, 0.5) is 29.3 Å².